The van der Waals surface area contributed by atoms with Crippen molar-refractivity contribution in [3.05, 3.63) is 41.9 Å². The molecule has 0 spiro atoms. The van der Waals surface area contributed by atoms with Gasteiger partial charge in [0, 0.05) is 5.56 Å². The van der Waals surface area contributed by atoms with E-state index in [2.05, 4.69) is 9.97 Å². The second-order valence-electron chi connectivity index (χ2n) is 3.92. The summed E-state index contributed by atoms with van der Waals surface area (Å²) in [6, 6.07) is 7.63. The fourth-order valence-corrected chi connectivity index (χ4v) is 1.64. The van der Waals surface area contributed by atoms with E-state index in [1.165, 1.54) is 14.0 Å². The predicted molar refractivity (Wildman–Crippen MR) is 63.8 cm³/mol. The fraction of sp³-hybridized carbons (Fsp3) is 0.231. The van der Waals surface area contributed by atoms with Crippen LogP contribution in [0.4, 0.5) is 13.2 Å². The van der Waals surface area contributed by atoms with E-state index in [1.54, 1.807) is 24.3 Å². The van der Waals surface area contributed by atoms with E-state index in [9.17, 15) is 13.2 Å². The molecule has 0 saturated heterocycles. The van der Waals surface area contributed by atoms with Crippen LogP contribution in [-0.4, -0.2) is 17.1 Å². The molecule has 0 amide bonds. The van der Waals surface area contributed by atoms with Gasteiger partial charge in [0.1, 0.15) is 17.3 Å². The van der Waals surface area contributed by atoms with Crippen LogP contribution in [0.3, 0.4) is 0 Å². The van der Waals surface area contributed by atoms with Crippen LogP contribution in [0.1, 0.15) is 11.5 Å². The molecular weight excluding hydrogens is 257 g/mol. The second-order valence-corrected chi connectivity index (χ2v) is 3.92. The maximum atomic E-state index is 12.7. The Bertz CT molecular complexity index is 597. The highest BCUT2D eigenvalue weighted by atomic mass is 19.4. The molecule has 3 nitrogen and oxygen atoms in total. The number of nitrogens with zero attached hydrogens (tertiary/aromatic N) is 2. The number of methoxy groups -OCH3 is 1. The number of ether oxygens (including phenoxy) is 1. The van der Waals surface area contributed by atoms with Crippen LogP contribution >= 0.6 is 0 Å². The molecule has 0 radical (unpaired) electrons. The molecule has 0 N–H and O–H groups in total. The SMILES string of the molecule is COc1cccc(-c2cc(C(F)(F)F)nc(C)n2)c1. The highest BCUT2D eigenvalue weighted by Gasteiger charge is 2.33. The second kappa shape index (κ2) is 4.87. The Balaban J connectivity index is 2.53. The third-order valence-electron chi connectivity index (χ3n) is 2.49. The summed E-state index contributed by atoms with van der Waals surface area (Å²) in [5, 5.41) is 0. The molecule has 2 rings (SSSR count). The number of aryl methyl sites for hydroxylation is 1. The van der Waals surface area contributed by atoms with Gasteiger partial charge in [-0.1, -0.05) is 12.1 Å². The third-order valence-corrected chi connectivity index (χ3v) is 2.49. The Morgan fingerprint density at radius 2 is 1.84 bits per heavy atom. The van der Waals surface area contributed by atoms with Crippen molar-refractivity contribution in [1.29, 1.82) is 0 Å². The summed E-state index contributed by atoms with van der Waals surface area (Å²) in [6.45, 7) is 1.43. The summed E-state index contributed by atoms with van der Waals surface area (Å²) in [5.41, 5.74) is -0.174. The van der Waals surface area contributed by atoms with E-state index < -0.39 is 11.9 Å². The van der Waals surface area contributed by atoms with Crippen molar-refractivity contribution in [1.82, 2.24) is 9.97 Å². The van der Waals surface area contributed by atoms with Crippen LogP contribution in [0.15, 0.2) is 30.3 Å². The molecule has 0 saturated carbocycles. The van der Waals surface area contributed by atoms with Crippen molar-refractivity contribution in [3.8, 4) is 17.0 Å². The molecule has 1 aromatic heterocycles. The molecule has 0 aliphatic heterocycles. The monoisotopic (exact) mass is 268 g/mol. The van der Waals surface area contributed by atoms with E-state index in [4.69, 9.17) is 4.74 Å². The summed E-state index contributed by atoms with van der Waals surface area (Å²) < 4.78 is 43.1. The molecule has 100 valence electrons. The van der Waals surface area contributed by atoms with Crippen LogP contribution in [-0.2, 0) is 6.18 Å². The standard InChI is InChI=1S/C13H11F3N2O/c1-8-17-11(7-12(18-8)13(14,15)16)9-4-3-5-10(6-9)19-2/h3-7H,1-2H3. The molecule has 0 aliphatic carbocycles. The molecule has 0 unspecified atom stereocenters. The first kappa shape index (κ1) is 13.3. The third kappa shape index (κ3) is 3.01. The Morgan fingerprint density at radius 3 is 2.47 bits per heavy atom. The van der Waals surface area contributed by atoms with Gasteiger partial charge < -0.3 is 4.74 Å². The van der Waals surface area contributed by atoms with Gasteiger partial charge in [-0.25, -0.2) is 9.97 Å². The zero-order chi connectivity index (χ0) is 14.0. The molecule has 6 heteroatoms. The molecule has 1 aromatic carbocycles. The van der Waals surface area contributed by atoms with E-state index >= 15 is 0 Å². The number of hydrogen-bond donors (Lipinski definition) is 0. The van der Waals surface area contributed by atoms with Gasteiger partial charge in [0.25, 0.3) is 0 Å². The van der Waals surface area contributed by atoms with Gasteiger partial charge >= 0.3 is 6.18 Å². The van der Waals surface area contributed by atoms with Crippen molar-refractivity contribution in [2.45, 2.75) is 13.1 Å². The minimum absolute atomic E-state index is 0.0765. The van der Waals surface area contributed by atoms with E-state index in [1.807, 2.05) is 0 Å². The topological polar surface area (TPSA) is 35.0 Å². The van der Waals surface area contributed by atoms with Crippen LogP contribution in [0, 0.1) is 6.92 Å². The summed E-state index contributed by atoms with van der Waals surface area (Å²) in [6.07, 6.45) is -4.48. The quantitative estimate of drug-likeness (QED) is 0.836. The average molecular weight is 268 g/mol. The largest absolute Gasteiger partial charge is 0.497 e. The van der Waals surface area contributed by atoms with Gasteiger partial charge in [0.15, 0.2) is 0 Å². The normalized spacial score (nSPS) is 11.4. The molecule has 2 aromatic rings. The lowest BCUT2D eigenvalue weighted by Crippen LogP contribution is -2.10. The van der Waals surface area contributed by atoms with Gasteiger partial charge in [-0.3, -0.25) is 0 Å². The molecule has 0 atom stereocenters. The van der Waals surface area contributed by atoms with Crippen LogP contribution < -0.4 is 4.74 Å². The van der Waals surface area contributed by atoms with Gasteiger partial charge in [0.2, 0.25) is 0 Å². The molecule has 0 bridgehead atoms. The fourth-order valence-electron chi connectivity index (χ4n) is 1.64. The maximum absolute atomic E-state index is 12.7. The van der Waals surface area contributed by atoms with Crippen molar-refractivity contribution < 1.29 is 17.9 Å². The van der Waals surface area contributed by atoms with Crippen molar-refractivity contribution in [2.24, 2.45) is 0 Å². The first-order valence-corrected chi connectivity index (χ1v) is 5.47. The molecule has 19 heavy (non-hydrogen) atoms. The lowest BCUT2D eigenvalue weighted by atomic mass is 10.1. The minimum atomic E-state index is -4.48. The zero-order valence-electron chi connectivity index (χ0n) is 10.3. The summed E-state index contributed by atoms with van der Waals surface area (Å²) in [7, 11) is 1.49. The van der Waals surface area contributed by atoms with Gasteiger partial charge in [0.05, 0.1) is 12.8 Å². The highest BCUT2D eigenvalue weighted by Crippen LogP contribution is 2.30. The van der Waals surface area contributed by atoms with Crippen LogP contribution in [0.5, 0.6) is 5.75 Å². The number of benzene rings is 1. The number of rotatable bonds is 2. The maximum Gasteiger partial charge on any atom is 0.433 e. The van der Waals surface area contributed by atoms with Gasteiger partial charge in [-0.05, 0) is 25.1 Å². The first-order chi connectivity index (χ1) is 8.90. The highest BCUT2D eigenvalue weighted by molar-refractivity contribution is 5.61. The number of aromatic nitrogens is 2. The first-order valence-electron chi connectivity index (χ1n) is 5.47. The minimum Gasteiger partial charge on any atom is -0.497 e. The lowest BCUT2D eigenvalue weighted by molar-refractivity contribution is -0.141. The Morgan fingerprint density at radius 1 is 1.11 bits per heavy atom. The molecular formula is C13H11F3N2O. The zero-order valence-corrected chi connectivity index (χ0v) is 10.3. The van der Waals surface area contributed by atoms with E-state index in [-0.39, 0.29) is 11.5 Å². The Hall–Kier alpha value is -2.11. The number of halogens is 3. The van der Waals surface area contributed by atoms with Gasteiger partial charge in [-0.2, -0.15) is 13.2 Å². The number of alkyl halides is 3. The summed E-state index contributed by atoms with van der Waals surface area (Å²) >= 11 is 0. The lowest BCUT2D eigenvalue weighted by Gasteiger charge is -2.09. The van der Waals surface area contributed by atoms with Gasteiger partial charge in [-0.15, -0.1) is 0 Å². The van der Waals surface area contributed by atoms with Crippen LogP contribution in [0.2, 0.25) is 0 Å². The predicted octanol–water partition coefficient (Wildman–Crippen LogP) is 3.48. The summed E-state index contributed by atoms with van der Waals surface area (Å²) in [5.74, 6) is 0.634. The van der Waals surface area contributed by atoms with Crippen molar-refractivity contribution in [3.63, 3.8) is 0 Å². The molecule has 1 heterocycles. The van der Waals surface area contributed by atoms with Crippen LogP contribution in [0.25, 0.3) is 11.3 Å². The average Bonchev–Trinajstić information content (AvgIpc) is 2.37. The summed E-state index contributed by atoms with van der Waals surface area (Å²) in [4.78, 5) is 7.43. The number of hydrogen-bond acceptors (Lipinski definition) is 3. The smallest absolute Gasteiger partial charge is 0.433 e. The van der Waals surface area contributed by atoms with E-state index in [0.717, 1.165) is 6.07 Å². The van der Waals surface area contributed by atoms with E-state index in [0.29, 0.717) is 11.3 Å². The van der Waals surface area contributed by atoms with Crippen molar-refractivity contribution >= 4 is 0 Å². The van der Waals surface area contributed by atoms with Crippen molar-refractivity contribution in [2.75, 3.05) is 7.11 Å². The molecule has 0 fully saturated rings. The Kier molecular flexibility index (Phi) is 3.42. The molecule has 0 aliphatic rings. The Labute approximate surface area is 108 Å².